The lowest BCUT2D eigenvalue weighted by atomic mass is 10.2. The van der Waals surface area contributed by atoms with Crippen molar-refractivity contribution in [3.63, 3.8) is 0 Å². The molecule has 0 aliphatic carbocycles. The van der Waals surface area contributed by atoms with Gasteiger partial charge in [0.1, 0.15) is 18.1 Å². The second-order valence-electron chi connectivity index (χ2n) is 6.46. The first-order chi connectivity index (χ1) is 11.9. The zero-order chi connectivity index (χ0) is 18.2. The molecule has 25 heavy (non-hydrogen) atoms. The normalized spacial score (nSPS) is 10.4. The molecule has 2 rings (SSSR count). The number of carbonyl (C=O) groups excluding carboxylic acids is 1. The van der Waals surface area contributed by atoms with Gasteiger partial charge in [0.2, 0.25) is 0 Å². The Labute approximate surface area is 149 Å². The fourth-order valence-electron chi connectivity index (χ4n) is 2.03. The molecule has 2 aromatic carbocycles. The van der Waals surface area contributed by atoms with Gasteiger partial charge in [-0.15, -0.1) is 0 Å². The minimum absolute atomic E-state index is 0.184. The highest BCUT2D eigenvalue weighted by Crippen LogP contribution is 2.19. The highest BCUT2D eigenvalue weighted by atomic mass is 16.5. The van der Waals surface area contributed by atoms with E-state index in [0.29, 0.717) is 30.4 Å². The molecule has 0 heterocycles. The standard InChI is InChI=1S/C21H25NO3/c1-15(2)13-24-19-10-8-18(9-11-19)22-21(23)17-6-5-7-20(12-17)25-14-16(3)4/h5-12,15H,3,13-14H2,1-2,4H3,(H,22,23). The molecule has 2 aromatic rings. The van der Waals surface area contributed by atoms with Gasteiger partial charge in [-0.05, 0) is 60.9 Å². The smallest absolute Gasteiger partial charge is 0.255 e. The van der Waals surface area contributed by atoms with Crippen LogP contribution in [0.1, 0.15) is 31.1 Å². The molecule has 0 aliphatic rings. The third-order valence-electron chi connectivity index (χ3n) is 3.28. The first kappa shape index (κ1) is 18.6. The van der Waals surface area contributed by atoms with Crippen LogP contribution in [0.15, 0.2) is 60.7 Å². The van der Waals surface area contributed by atoms with Gasteiger partial charge in [0.15, 0.2) is 0 Å². The van der Waals surface area contributed by atoms with E-state index >= 15 is 0 Å². The van der Waals surface area contributed by atoms with Crippen LogP contribution in [0.5, 0.6) is 11.5 Å². The molecule has 0 radical (unpaired) electrons. The maximum Gasteiger partial charge on any atom is 0.255 e. The maximum absolute atomic E-state index is 12.4. The summed E-state index contributed by atoms with van der Waals surface area (Å²) in [6, 6.07) is 14.5. The third-order valence-corrected chi connectivity index (χ3v) is 3.28. The molecule has 1 N–H and O–H groups in total. The minimum Gasteiger partial charge on any atom is -0.493 e. The number of anilines is 1. The summed E-state index contributed by atoms with van der Waals surface area (Å²) in [5.41, 5.74) is 2.18. The van der Waals surface area contributed by atoms with Crippen LogP contribution in [0.3, 0.4) is 0 Å². The first-order valence-corrected chi connectivity index (χ1v) is 8.35. The van der Waals surface area contributed by atoms with Crippen LogP contribution < -0.4 is 14.8 Å². The van der Waals surface area contributed by atoms with Gasteiger partial charge in [-0.2, -0.15) is 0 Å². The maximum atomic E-state index is 12.4. The summed E-state index contributed by atoms with van der Waals surface area (Å²) >= 11 is 0. The number of ether oxygens (including phenoxy) is 2. The molecule has 0 saturated carbocycles. The second kappa shape index (κ2) is 8.92. The molecule has 4 nitrogen and oxygen atoms in total. The van der Waals surface area contributed by atoms with Crippen LogP contribution in [0.4, 0.5) is 5.69 Å². The molecule has 0 fully saturated rings. The van der Waals surface area contributed by atoms with E-state index in [-0.39, 0.29) is 5.91 Å². The number of rotatable bonds is 8. The molecule has 0 spiro atoms. The summed E-state index contributed by atoms with van der Waals surface area (Å²) < 4.78 is 11.2. The van der Waals surface area contributed by atoms with E-state index in [4.69, 9.17) is 9.47 Å². The topological polar surface area (TPSA) is 47.6 Å². The Morgan fingerprint density at radius 1 is 1.08 bits per heavy atom. The van der Waals surface area contributed by atoms with Crippen molar-refractivity contribution >= 4 is 11.6 Å². The molecular weight excluding hydrogens is 314 g/mol. The lowest BCUT2D eigenvalue weighted by Crippen LogP contribution is -2.12. The Morgan fingerprint density at radius 3 is 2.44 bits per heavy atom. The van der Waals surface area contributed by atoms with Crippen LogP contribution in [0.25, 0.3) is 0 Å². The Balaban J connectivity index is 1.97. The summed E-state index contributed by atoms with van der Waals surface area (Å²) in [6.07, 6.45) is 0. The Bertz CT molecular complexity index is 720. The Kier molecular flexibility index (Phi) is 6.63. The molecule has 4 heteroatoms. The molecule has 0 bridgehead atoms. The van der Waals surface area contributed by atoms with Crippen molar-refractivity contribution < 1.29 is 14.3 Å². The van der Waals surface area contributed by atoms with E-state index in [9.17, 15) is 4.79 Å². The summed E-state index contributed by atoms with van der Waals surface area (Å²) in [4.78, 5) is 12.4. The molecule has 0 atom stereocenters. The summed E-state index contributed by atoms with van der Waals surface area (Å²) in [7, 11) is 0. The van der Waals surface area contributed by atoms with Crippen LogP contribution in [-0.2, 0) is 0 Å². The van der Waals surface area contributed by atoms with Crippen LogP contribution in [-0.4, -0.2) is 19.1 Å². The van der Waals surface area contributed by atoms with Crippen LogP contribution in [0, 0.1) is 5.92 Å². The molecule has 0 unspecified atom stereocenters. The Morgan fingerprint density at radius 2 is 1.80 bits per heavy atom. The summed E-state index contributed by atoms with van der Waals surface area (Å²) in [5, 5.41) is 2.87. The minimum atomic E-state index is -0.184. The van der Waals surface area contributed by atoms with Gasteiger partial charge in [0.05, 0.1) is 6.61 Å². The first-order valence-electron chi connectivity index (χ1n) is 8.35. The van der Waals surface area contributed by atoms with E-state index in [1.165, 1.54) is 0 Å². The second-order valence-corrected chi connectivity index (χ2v) is 6.46. The quantitative estimate of drug-likeness (QED) is 0.694. The van der Waals surface area contributed by atoms with Crippen molar-refractivity contribution in [3.05, 3.63) is 66.2 Å². The van der Waals surface area contributed by atoms with Crippen LogP contribution in [0.2, 0.25) is 0 Å². The number of benzene rings is 2. The number of hydrogen-bond acceptors (Lipinski definition) is 3. The highest BCUT2D eigenvalue weighted by Gasteiger charge is 2.08. The number of nitrogens with one attached hydrogen (secondary N) is 1. The molecule has 0 aliphatic heterocycles. The lowest BCUT2D eigenvalue weighted by Gasteiger charge is -2.10. The van der Waals surface area contributed by atoms with Crippen molar-refractivity contribution in [1.82, 2.24) is 0 Å². The SMILES string of the molecule is C=C(C)COc1cccc(C(=O)Nc2ccc(OCC(C)C)cc2)c1. The largest absolute Gasteiger partial charge is 0.493 e. The van der Waals surface area contributed by atoms with Gasteiger partial charge in [-0.3, -0.25) is 4.79 Å². The number of hydrogen-bond donors (Lipinski definition) is 1. The van der Waals surface area contributed by atoms with Crippen molar-refractivity contribution in [1.29, 1.82) is 0 Å². The number of amides is 1. The average Bonchev–Trinajstić information content (AvgIpc) is 2.59. The van der Waals surface area contributed by atoms with E-state index in [2.05, 4.69) is 25.7 Å². The lowest BCUT2D eigenvalue weighted by molar-refractivity contribution is 0.102. The van der Waals surface area contributed by atoms with Gasteiger partial charge in [-0.25, -0.2) is 0 Å². The third kappa shape index (κ3) is 6.34. The van der Waals surface area contributed by atoms with Crippen molar-refractivity contribution in [2.75, 3.05) is 18.5 Å². The fourth-order valence-corrected chi connectivity index (χ4v) is 2.03. The van der Waals surface area contributed by atoms with E-state index < -0.39 is 0 Å². The zero-order valence-electron chi connectivity index (χ0n) is 15.0. The molecule has 132 valence electrons. The Hall–Kier alpha value is -2.75. The zero-order valence-corrected chi connectivity index (χ0v) is 15.0. The van der Waals surface area contributed by atoms with E-state index in [0.717, 1.165) is 17.0 Å². The van der Waals surface area contributed by atoms with Gasteiger partial charge in [0, 0.05) is 11.3 Å². The predicted molar refractivity (Wildman–Crippen MR) is 101 cm³/mol. The molecule has 0 aromatic heterocycles. The summed E-state index contributed by atoms with van der Waals surface area (Å²) in [6.45, 7) is 11.0. The molecule has 0 saturated heterocycles. The van der Waals surface area contributed by atoms with Crippen molar-refractivity contribution in [2.24, 2.45) is 5.92 Å². The molecular formula is C21H25NO3. The van der Waals surface area contributed by atoms with E-state index in [1.54, 1.807) is 18.2 Å². The van der Waals surface area contributed by atoms with Gasteiger partial charge < -0.3 is 14.8 Å². The number of carbonyl (C=O) groups is 1. The predicted octanol–water partition coefficient (Wildman–Crippen LogP) is 4.93. The molecule has 1 amide bonds. The summed E-state index contributed by atoms with van der Waals surface area (Å²) in [5.74, 6) is 1.73. The van der Waals surface area contributed by atoms with Gasteiger partial charge in [-0.1, -0.05) is 26.5 Å². The van der Waals surface area contributed by atoms with Crippen molar-refractivity contribution in [2.45, 2.75) is 20.8 Å². The van der Waals surface area contributed by atoms with Gasteiger partial charge in [0.25, 0.3) is 5.91 Å². The van der Waals surface area contributed by atoms with Crippen LogP contribution >= 0.6 is 0 Å². The highest BCUT2D eigenvalue weighted by molar-refractivity contribution is 6.04. The van der Waals surface area contributed by atoms with Gasteiger partial charge >= 0.3 is 0 Å². The van der Waals surface area contributed by atoms with Crippen molar-refractivity contribution in [3.8, 4) is 11.5 Å². The average molecular weight is 339 g/mol. The van der Waals surface area contributed by atoms with E-state index in [1.807, 2.05) is 37.3 Å². The fraction of sp³-hybridized carbons (Fsp3) is 0.286. The monoisotopic (exact) mass is 339 g/mol.